The second kappa shape index (κ2) is 8.22. The monoisotopic (exact) mass is 378 g/mol. The van der Waals surface area contributed by atoms with Crippen LogP contribution in [0.5, 0.6) is 0 Å². The van der Waals surface area contributed by atoms with E-state index in [1.165, 1.54) is 37.5 Å². The van der Waals surface area contributed by atoms with Crippen LogP contribution in [-0.2, 0) is 9.53 Å². The third-order valence-corrected chi connectivity index (χ3v) is 4.03. The number of amides is 2. The highest BCUT2D eigenvalue weighted by atomic mass is 16.6. The zero-order valence-corrected chi connectivity index (χ0v) is 15.0. The van der Waals surface area contributed by atoms with Crippen LogP contribution < -0.4 is 11.1 Å². The van der Waals surface area contributed by atoms with Crippen molar-refractivity contribution in [2.75, 3.05) is 5.32 Å². The van der Waals surface area contributed by atoms with Gasteiger partial charge in [-0.3, -0.25) is 9.59 Å². The molecule has 0 fully saturated rings. The van der Waals surface area contributed by atoms with Crippen LogP contribution in [0.1, 0.15) is 27.8 Å². The highest BCUT2D eigenvalue weighted by molar-refractivity contribution is 5.99. The van der Waals surface area contributed by atoms with Crippen LogP contribution in [0, 0.1) is 0 Å². The number of ether oxygens (including phenoxy) is 1. The molecule has 0 radical (unpaired) electrons. The van der Waals surface area contributed by atoms with Gasteiger partial charge < -0.3 is 20.2 Å². The predicted molar refractivity (Wildman–Crippen MR) is 103 cm³/mol. The van der Waals surface area contributed by atoms with Crippen LogP contribution >= 0.6 is 0 Å². The van der Waals surface area contributed by atoms with Gasteiger partial charge in [0.05, 0.1) is 6.26 Å². The van der Waals surface area contributed by atoms with Gasteiger partial charge in [-0.05, 0) is 42.8 Å². The molecule has 0 aliphatic rings. The van der Waals surface area contributed by atoms with Crippen LogP contribution in [0.25, 0.3) is 11.1 Å². The fourth-order valence-corrected chi connectivity index (χ4v) is 2.54. The van der Waals surface area contributed by atoms with Gasteiger partial charge in [-0.1, -0.05) is 30.3 Å². The standard InChI is InChI=1S/C21H18N2O5/c1-13(20(25)23-16-9-7-15(8-10-16)19(22)24)28-21(26)18-17(11-12-27-18)14-5-3-2-4-6-14/h2-13H,1H3,(H2,22,24)(H,23,25). The van der Waals surface area contributed by atoms with Crippen molar-refractivity contribution in [1.29, 1.82) is 0 Å². The van der Waals surface area contributed by atoms with E-state index in [2.05, 4.69) is 5.32 Å². The number of carbonyl (C=O) groups is 3. The number of furan rings is 1. The first-order chi connectivity index (χ1) is 13.5. The van der Waals surface area contributed by atoms with E-state index in [1.54, 1.807) is 6.07 Å². The highest BCUT2D eigenvalue weighted by Crippen LogP contribution is 2.25. The Morgan fingerprint density at radius 3 is 2.32 bits per heavy atom. The van der Waals surface area contributed by atoms with Crippen LogP contribution in [-0.4, -0.2) is 23.9 Å². The molecule has 0 spiro atoms. The molecule has 3 N–H and O–H groups in total. The molecule has 28 heavy (non-hydrogen) atoms. The van der Waals surface area contributed by atoms with Crippen molar-refractivity contribution in [2.24, 2.45) is 5.73 Å². The molecular weight excluding hydrogens is 360 g/mol. The lowest BCUT2D eigenvalue weighted by Crippen LogP contribution is -2.30. The fourth-order valence-electron chi connectivity index (χ4n) is 2.54. The Morgan fingerprint density at radius 1 is 1.00 bits per heavy atom. The van der Waals surface area contributed by atoms with E-state index in [9.17, 15) is 14.4 Å². The third-order valence-electron chi connectivity index (χ3n) is 4.03. The number of primary amides is 1. The molecular formula is C21H18N2O5. The number of benzene rings is 2. The molecule has 0 saturated heterocycles. The number of rotatable bonds is 6. The molecule has 1 unspecified atom stereocenters. The summed E-state index contributed by atoms with van der Waals surface area (Å²) in [4.78, 5) is 35.8. The minimum Gasteiger partial charge on any atom is -0.457 e. The second-order valence-corrected chi connectivity index (χ2v) is 6.01. The maximum Gasteiger partial charge on any atom is 0.375 e. The van der Waals surface area contributed by atoms with Crippen molar-refractivity contribution >= 4 is 23.5 Å². The third kappa shape index (κ3) is 4.27. The summed E-state index contributed by atoms with van der Waals surface area (Å²) >= 11 is 0. The van der Waals surface area contributed by atoms with E-state index in [1.807, 2.05) is 30.3 Å². The summed E-state index contributed by atoms with van der Waals surface area (Å²) in [6.07, 6.45) is 0.335. The summed E-state index contributed by atoms with van der Waals surface area (Å²) < 4.78 is 10.5. The number of hydrogen-bond acceptors (Lipinski definition) is 5. The normalized spacial score (nSPS) is 11.5. The summed E-state index contributed by atoms with van der Waals surface area (Å²) in [6, 6.07) is 16.9. The Labute approximate surface area is 161 Å². The van der Waals surface area contributed by atoms with Crippen molar-refractivity contribution < 1.29 is 23.5 Å². The van der Waals surface area contributed by atoms with Gasteiger partial charge >= 0.3 is 5.97 Å². The van der Waals surface area contributed by atoms with Gasteiger partial charge in [-0.15, -0.1) is 0 Å². The SMILES string of the molecule is CC(OC(=O)c1occc1-c1ccccc1)C(=O)Nc1ccc(C(N)=O)cc1. The van der Waals surface area contributed by atoms with Gasteiger partial charge in [0, 0.05) is 16.8 Å². The number of nitrogens with two attached hydrogens (primary N) is 1. The molecule has 1 atom stereocenters. The summed E-state index contributed by atoms with van der Waals surface area (Å²) in [5, 5.41) is 2.61. The van der Waals surface area contributed by atoms with Crippen molar-refractivity contribution in [3.05, 3.63) is 78.3 Å². The summed E-state index contributed by atoms with van der Waals surface area (Å²) in [6.45, 7) is 1.45. The van der Waals surface area contributed by atoms with Crippen molar-refractivity contribution in [3.8, 4) is 11.1 Å². The Hall–Kier alpha value is -3.87. The number of anilines is 1. The summed E-state index contributed by atoms with van der Waals surface area (Å²) in [5.74, 6) is -1.80. The smallest absolute Gasteiger partial charge is 0.375 e. The minimum absolute atomic E-state index is 0.0247. The quantitative estimate of drug-likeness (QED) is 0.640. The van der Waals surface area contributed by atoms with Gasteiger partial charge in [-0.25, -0.2) is 4.79 Å². The zero-order valence-electron chi connectivity index (χ0n) is 15.0. The molecule has 1 heterocycles. The van der Waals surface area contributed by atoms with E-state index in [0.717, 1.165) is 5.56 Å². The first-order valence-corrected chi connectivity index (χ1v) is 8.50. The van der Waals surface area contributed by atoms with Crippen LogP contribution in [0.15, 0.2) is 71.3 Å². The van der Waals surface area contributed by atoms with Crippen LogP contribution in [0.3, 0.4) is 0 Å². The van der Waals surface area contributed by atoms with Gasteiger partial charge in [0.15, 0.2) is 6.10 Å². The minimum atomic E-state index is -1.06. The molecule has 1 aromatic heterocycles. The van der Waals surface area contributed by atoms with E-state index in [0.29, 0.717) is 16.8 Å². The molecule has 3 aromatic rings. The lowest BCUT2D eigenvalue weighted by atomic mass is 10.1. The molecule has 142 valence electrons. The van der Waals surface area contributed by atoms with Crippen LogP contribution in [0.4, 0.5) is 5.69 Å². The van der Waals surface area contributed by atoms with Gasteiger partial charge in [-0.2, -0.15) is 0 Å². The van der Waals surface area contributed by atoms with Crippen molar-refractivity contribution in [2.45, 2.75) is 13.0 Å². The Bertz CT molecular complexity index is 993. The fraction of sp³-hybridized carbons (Fsp3) is 0.0952. The van der Waals surface area contributed by atoms with E-state index >= 15 is 0 Å². The Morgan fingerprint density at radius 2 is 1.68 bits per heavy atom. The van der Waals surface area contributed by atoms with Crippen molar-refractivity contribution in [3.63, 3.8) is 0 Å². The molecule has 7 heteroatoms. The van der Waals surface area contributed by atoms with Gasteiger partial charge in [0.1, 0.15) is 0 Å². The first-order valence-electron chi connectivity index (χ1n) is 8.50. The topological polar surface area (TPSA) is 112 Å². The van der Waals surface area contributed by atoms with Crippen LogP contribution in [0.2, 0.25) is 0 Å². The molecule has 2 amide bonds. The first kappa shape index (κ1) is 18.9. The molecule has 3 rings (SSSR count). The largest absolute Gasteiger partial charge is 0.457 e. The van der Waals surface area contributed by atoms with E-state index in [4.69, 9.17) is 14.9 Å². The summed E-state index contributed by atoms with van der Waals surface area (Å²) in [7, 11) is 0. The Kier molecular flexibility index (Phi) is 5.55. The Balaban J connectivity index is 1.65. The highest BCUT2D eigenvalue weighted by Gasteiger charge is 2.24. The predicted octanol–water partition coefficient (Wildman–Crippen LogP) is 3.23. The lowest BCUT2D eigenvalue weighted by molar-refractivity contribution is -0.123. The number of esters is 1. The molecule has 0 saturated carbocycles. The molecule has 0 aliphatic heterocycles. The summed E-state index contributed by atoms with van der Waals surface area (Å²) in [5.41, 5.74) is 7.33. The molecule has 0 aliphatic carbocycles. The number of carbonyl (C=O) groups excluding carboxylic acids is 3. The zero-order chi connectivity index (χ0) is 20.1. The maximum atomic E-state index is 12.4. The maximum absolute atomic E-state index is 12.4. The van der Waals surface area contributed by atoms with Crippen molar-refractivity contribution in [1.82, 2.24) is 0 Å². The van der Waals surface area contributed by atoms with Gasteiger partial charge in [0.2, 0.25) is 11.7 Å². The number of nitrogens with one attached hydrogen (secondary N) is 1. The second-order valence-electron chi connectivity index (χ2n) is 6.01. The average Bonchev–Trinajstić information content (AvgIpc) is 3.19. The molecule has 7 nitrogen and oxygen atoms in total. The van der Waals surface area contributed by atoms with E-state index < -0.39 is 23.9 Å². The number of hydrogen-bond donors (Lipinski definition) is 2. The lowest BCUT2D eigenvalue weighted by Gasteiger charge is -2.13. The molecule has 0 bridgehead atoms. The average molecular weight is 378 g/mol. The van der Waals surface area contributed by atoms with E-state index in [-0.39, 0.29) is 5.76 Å². The van der Waals surface area contributed by atoms with Gasteiger partial charge in [0.25, 0.3) is 5.91 Å². The molecule has 2 aromatic carbocycles.